The summed E-state index contributed by atoms with van der Waals surface area (Å²) in [5, 5.41) is 7.81. The molecule has 8 heteroatoms. The number of aromatic nitrogens is 3. The molecular weight excluding hydrogens is 376 g/mol. The van der Waals surface area contributed by atoms with E-state index in [-0.39, 0.29) is 16.8 Å². The standard InChI is InChI=1S/C20H22N4O3S/c1-14-8-5-6-11-18(14)24-15(2)21-22-20(24)28(26,27)13-16-9-7-10-17(12-16)19(25)23(3)4/h5-12H,13H2,1-4H3. The summed E-state index contributed by atoms with van der Waals surface area (Å²) in [6.45, 7) is 3.62. The lowest BCUT2D eigenvalue weighted by Gasteiger charge is -2.13. The highest BCUT2D eigenvalue weighted by molar-refractivity contribution is 7.90. The van der Waals surface area contributed by atoms with Gasteiger partial charge in [0.25, 0.3) is 11.1 Å². The van der Waals surface area contributed by atoms with E-state index in [9.17, 15) is 13.2 Å². The van der Waals surface area contributed by atoms with Gasteiger partial charge in [0.1, 0.15) is 5.82 Å². The highest BCUT2D eigenvalue weighted by atomic mass is 32.2. The van der Waals surface area contributed by atoms with Crippen LogP contribution in [0.2, 0.25) is 0 Å². The van der Waals surface area contributed by atoms with Gasteiger partial charge >= 0.3 is 0 Å². The Labute approximate surface area is 164 Å². The molecule has 0 aliphatic rings. The Bertz CT molecular complexity index is 1130. The molecule has 3 aromatic rings. The van der Waals surface area contributed by atoms with Crippen LogP contribution in [0.1, 0.15) is 27.3 Å². The smallest absolute Gasteiger partial charge is 0.254 e. The molecule has 0 radical (unpaired) electrons. The highest BCUT2D eigenvalue weighted by Crippen LogP contribution is 2.23. The van der Waals surface area contributed by atoms with E-state index in [0.717, 1.165) is 11.3 Å². The first-order chi connectivity index (χ1) is 13.2. The van der Waals surface area contributed by atoms with Crippen molar-refractivity contribution in [2.45, 2.75) is 24.8 Å². The van der Waals surface area contributed by atoms with Crippen molar-refractivity contribution in [1.82, 2.24) is 19.7 Å². The second kappa shape index (κ2) is 7.55. The van der Waals surface area contributed by atoms with E-state index in [0.29, 0.717) is 17.0 Å². The van der Waals surface area contributed by atoms with Gasteiger partial charge in [-0.2, -0.15) is 0 Å². The lowest BCUT2D eigenvalue weighted by molar-refractivity contribution is 0.0827. The monoisotopic (exact) mass is 398 g/mol. The second-order valence-corrected chi connectivity index (χ2v) is 8.69. The number of hydrogen-bond acceptors (Lipinski definition) is 5. The van der Waals surface area contributed by atoms with Gasteiger partial charge in [-0.25, -0.2) is 8.42 Å². The zero-order chi connectivity index (χ0) is 20.5. The Hall–Kier alpha value is -3.00. The quantitative estimate of drug-likeness (QED) is 0.659. The van der Waals surface area contributed by atoms with Crippen molar-refractivity contribution < 1.29 is 13.2 Å². The van der Waals surface area contributed by atoms with Gasteiger partial charge in [-0.05, 0) is 43.2 Å². The first-order valence-electron chi connectivity index (χ1n) is 8.72. The fourth-order valence-electron chi connectivity index (χ4n) is 2.97. The molecule has 0 aliphatic heterocycles. The van der Waals surface area contributed by atoms with E-state index in [2.05, 4.69) is 10.2 Å². The first kappa shape index (κ1) is 19.8. The molecule has 0 aliphatic carbocycles. The number of sulfone groups is 1. The Morgan fingerprint density at radius 3 is 2.43 bits per heavy atom. The fraction of sp³-hybridized carbons (Fsp3) is 0.250. The molecule has 0 bridgehead atoms. The summed E-state index contributed by atoms with van der Waals surface area (Å²) in [6, 6.07) is 14.1. The van der Waals surface area contributed by atoms with Gasteiger partial charge in [0, 0.05) is 19.7 Å². The Morgan fingerprint density at radius 2 is 1.75 bits per heavy atom. The third-order valence-electron chi connectivity index (χ3n) is 4.37. The van der Waals surface area contributed by atoms with E-state index in [1.54, 1.807) is 49.9 Å². The van der Waals surface area contributed by atoms with Crippen LogP contribution in [-0.4, -0.2) is 48.1 Å². The van der Waals surface area contributed by atoms with E-state index in [1.165, 1.54) is 4.90 Å². The molecule has 28 heavy (non-hydrogen) atoms. The predicted octanol–water partition coefficient (Wildman–Crippen LogP) is 2.56. The van der Waals surface area contributed by atoms with Crippen LogP contribution in [0.4, 0.5) is 0 Å². The van der Waals surface area contributed by atoms with Gasteiger partial charge in [0.15, 0.2) is 0 Å². The molecule has 0 unspecified atom stereocenters. The van der Waals surface area contributed by atoms with Crippen LogP contribution >= 0.6 is 0 Å². The molecule has 146 valence electrons. The summed E-state index contributed by atoms with van der Waals surface area (Å²) in [5.41, 5.74) is 2.60. The van der Waals surface area contributed by atoms with Gasteiger partial charge in [-0.15, -0.1) is 10.2 Å². The molecule has 0 spiro atoms. The lowest BCUT2D eigenvalue weighted by Crippen LogP contribution is -2.21. The topological polar surface area (TPSA) is 85.2 Å². The largest absolute Gasteiger partial charge is 0.345 e. The first-order valence-corrected chi connectivity index (χ1v) is 10.4. The average Bonchev–Trinajstić information content (AvgIpc) is 3.03. The van der Waals surface area contributed by atoms with Crippen LogP contribution in [0.25, 0.3) is 5.69 Å². The molecular formula is C20H22N4O3S. The van der Waals surface area contributed by atoms with E-state index >= 15 is 0 Å². The van der Waals surface area contributed by atoms with E-state index in [4.69, 9.17) is 0 Å². The molecule has 0 N–H and O–H groups in total. The van der Waals surface area contributed by atoms with Crippen molar-refractivity contribution in [3.63, 3.8) is 0 Å². The number of carbonyl (C=O) groups is 1. The Balaban J connectivity index is 2.01. The van der Waals surface area contributed by atoms with Crippen molar-refractivity contribution in [2.24, 2.45) is 0 Å². The van der Waals surface area contributed by atoms with Crippen LogP contribution in [0, 0.1) is 13.8 Å². The molecule has 7 nitrogen and oxygen atoms in total. The molecule has 0 fully saturated rings. The van der Waals surface area contributed by atoms with Crippen LogP contribution in [-0.2, 0) is 15.6 Å². The van der Waals surface area contributed by atoms with Gasteiger partial charge in [0.05, 0.1) is 11.4 Å². The summed E-state index contributed by atoms with van der Waals surface area (Å²) in [4.78, 5) is 13.6. The number of amides is 1. The van der Waals surface area contributed by atoms with Crippen molar-refractivity contribution in [3.05, 3.63) is 71.0 Å². The minimum Gasteiger partial charge on any atom is -0.345 e. The number of aryl methyl sites for hydroxylation is 2. The Morgan fingerprint density at radius 1 is 1.04 bits per heavy atom. The number of benzene rings is 2. The van der Waals surface area contributed by atoms with Crippen LogP contribution < -0.4 is 0 Å². The van der Waals surface area contributed by atoms with E-state index in [1.807, 2.05) is 31.2 Å². The number of para-hydroxylation sites is 1. The lowest BCUT2D eigenvalue weighted by atomic mass is 10.1. The molecule has 0 saturated carbocycles. The number of hydrogen-bond donors (Lipinski definition) is 0. The van der Waals surface area contributed by atoms with Crippen molar-refractivity contribution >= 4 is 15.7 Å². The predicted molar refractivity (Wildman–Crippen MR) is 106 cm³/mol. The summed E-state index contributed by atoms with van der Waals surface area (Å²) >= 11 is 0. The number of rotatable bonds is 5. The molecule has 2 aromatic carbocycles. The van der Waals surface area contributed by atoms with Crippen molar-refractivity contribution in [1.29, 1.82) is 0 Å². The zero-order valence-electron chi connectivity index (χ0n) is 16.2. The minimum absolute atomic E-state index is 0.108. The van der Waals surface area contributed by atoms with Crippen LogP contribution in [0.3, 0.4) is 0 Å². The fourth-order valence-corrected chi connectivity index (χ4v) is 4.39. The third kappa shape index (κ3) is 3.82. The van der Waals surface area contributed by atoms with Gasteiger partial charge in [-0.3, -0.25) is 9.36 Å². The van der Waals surface area contributed by atoms with Gasteiger partial charge < -0.3 is 4.90 Å². The SMILES string of the molecule is Cc1ccccc1-n1c(C)nnc1S(=O)(=O)Cc1cccc(C(=O)N(C)C)c1. The van der Waals surface area contributed by atoms with Crippen molar-refractivity contribution in [2.75, 3.05) is 14.1 Å². The van der Waals surface area contributed by atoms with Gasteiger partial charge in [0.2, 0.25) is 9.84 Å². The highest BCUT2D eigenvalue weighted by Gasteiger charge is 2.26. The maximum Gasteiger partial charge on any atom is 0.254 e. The van der Waals surface area contributed by atoms with E-state index < -0.39 is 9.84 Å². The van der Waals surface area contributed by atoms with Crippen LogP contribution in [0.15, 0.2) is 53.7 Å². The Kier molecular flexibility index (Phi) is 5.33. The zero-order valence-corrected chi connectivity index (χ0v) is 17.1. The van der Waals surface area contributed by atoms with Gasteiger partial charge in [-0.1, -0.05) is 30.3 Å². The molecule has 1 heterocycles. The molecule has 1 amide bonds. The minimum atomic E-state index is -3.79. The summed E-state index contributed by atoms with van der Waals surface area (Å²) < 4.78 is 27.8. The summed E-state index contributed by atoms with van der Waals surface area (Å²) in [5.74, 6) is 0.0357. The molecule has 0 atom stereocenters. The maximum absolute atomic E-state index is 13.1. The second-order valence-electron chi connectivity index (χ2n) is 6.81. The summed E-state index contributed by atoms with van der Waals surface area (Å²) in [6.07, 6.45) is 0. The number of nitrogens with zero attached hydrogens (tertiary/aromatic N) is 4. The number of carbonyl (C=O) groups excluding carboxylic acids is 1. The molecule has 1 aromatic heterocycles. The third-order valence-corrected chi connectivity index (χ3v) is 5.90. The maximum atomic E-state index is 13.1. The van der Waals surface area contributed by atoms with Crippen LogP contribution in [0.5, 0.6) is 0 Å². The average molecular weight is 398 g/mol. The normalized spacial score (nSPS) is 11.4. The van der Waals surface area contributed by atoms with Crippen molar-refractivity contribution in [3.8, 4) is 5.69 Å². The molecule has 3 rings (SSSR count). The summed E-state index contributed by atoms with van der Waals surface area (Å²) in [7, 11) is -0.482. The molecule has 0 saturated heterocycles.